The van der Waals surface area contributed by atoms with Gasteiger partial charge in [0, 0.05) is 17.0 Å². The van der Waals surface area contributed by atoms with Crippen molar-refractivity contribution in [2.75, 3.05) is 0 Å². The van der Waals surface area contributed by atoms with Gasteiger partial charge in [-0.15, -0.1) is 0 Å². The van der Waals surface area contributed by atoms with Gasteiger partial charge in [0.15, 0.2) is 5.69 Å². The summed E-state index contributed by atoms with van der Waals surface area (Å²) in [5.74, 6) is 0.131. The minimum absolute atomic E-state index is 0.131. The summed E-state index contributed by atoms with van der Waals surface area (Å²) in [6, 6.07) is 13.1. The Morgan fingerprint density at radius 2 is 1.96 bits per heavy atom. The molecule has 5 nitrogen and oxygen atoms in total. The van der Waals surface area contributed by atoms with Crippen LogP contribution in [0.15, 0.2) is 42.6 Å². The van der Waals surface area contributed by atoms with Crippen LogP contribution in [0, 0.1) is 24.8 Å². The number of hydrogen-bond acceptors (Lipinski definition) is 3. The van der Waals surface area contributed by atoms with E-state index in [4.69, 9.17) is 6.57 Å². The van der Waals surface area contributed by atoms with Crippen LogP contribution in [0.4, 0.5) is 5.69 Å². The number of nitriles is 1. The van der Waals surface area contributed by atoms with Gasteiger partial charge in [-0.3, -0.25) is 4.98 Å². The minimum atomic E-state index is 0.131. The Morgan fingerprint density at radius 1 is 1.23 bits per heavy atom. The third kappa shape index (κ3) is 3.03. The van der Waals surface area contributed by atoms with Gasteiger partial charge in [-0.2, -0.15) is 5.26 Å². The first kappa shape index (κ1) is 17.3. The van der Waals surface area contributed by atoms with Crippen molar-refractivity contribution in [2.45, 2.75) is 26.8 Å². The third-order valence-corrected chi connectivity index (χ3v) is 4.49. The summed E-state index contributed by atoms with van der Waals surface area (Å²) in [5, 5.41) is 19.2. The Balaban J connectivity index is 2.13. The first-order valence-electron chi connectivity index (χ1n) is 8.32. The predicted octanol–water partition coefficient (Wildman–Crippen LogP) is 4.60. The van der Waals surface area contributed by atoms with Crippen LogP contribution in [-0.4, -0.2) is 14.7 Å². The topological polar surface area (TPSA) is 66.2 Å². The molecule has 0 saturated carbocycles. The molecule has 26 heavy (non-hydrogen) atoms. The Morgan fingerprint density at radius 3 is 2.50 bits per heavy atom. The standard InChI is InChI=1S/C21H18N4O/c1-4-20-19(11-22)21(15-5-7-16(23-3)8-6-15)14(2)25(20)13-17-9-10-18(26)12-24-17/h5-10,12,26H,4,13H2,1-2H3. The molecule has 5 heteroatoms. The second-order valence-corrected chi connectivity index (χ2v) is 6.00. The first-order chi connectivity index (χ1) is 12.6. The summed E-state index contributed by atoms with van der Waals surface area (Å²) in [6.45, 7) is 11.7. The molecule has 0 radical (unpaired) electrons. The lowest BCUT2D eigenvalue weighted by atomic mass is 10.0. The van der Waals surface area contributed by atoms with Gasteiger partial charge < -0.3 is 9.67 Å². The lowest BCUT2D eigenvalue weighted by molar-refractivity contribution is 0.472. The van der Waals surface area contributed by atoms with Crippen LogP contribution < -0.4 is 0 Å². The highest BCUT2D eigenvalue weighted by atomic mass is 16.3. The van der Waals surface area contributed by atoms with Gasteiger partial charge in [0.1, 0.15) is 11.8 Å². The van der Waals surface area contributed by atoms with Crippen LogP contribution in [0.5, 0.6) is 5.75 Å². The third-order valence-electron chi connectivity index (χ3n) is 4.49. The zero-order chi connectivity index (χ0) is 18.7. The van der Waals surface area contributed by atoms with Crippen LogP contribution in [0.25, 0.3) is 16.0 Å². The highest BCUT2D eigenvalue weighted by Crippen LogP contribution is 2.34. The van der Waals surface area contributed by atoms with Crippen molar-refractivity contribution >= 4 is 5.69 Å². The van der Waals surface area contributed by atoms with Crippen LogP contribution in [0.2, 0.25) is 0 Å². The summed E-state index contributed by atoms with van der Waals surface area (Å²) in [5.41, 5.74) is 5.84. The van der Waals surface area contributed by atoms with E-state index in [2.05, 4.69) is 20.5 Å². The van der Waals surface area contributed by atoms with Crippen LogP contribution in [0.3, 0.4) is 0 Å². The van der Waals surface area contributed by atoms with E-state index in [0.29, 0.717) is 17.8 Å². The van der Waals surface area contributed by atoms with E-state index in [1.807, 2.05) is 26.0 Å². The Kier molecular flexibility index (Phi) is 4.73. The molecule has 0 atom stereocenters. The largest absolute Gasteiger partial charge is 0.506 e. The summed E-state index contributed by atoms with van der Waals surface area (Å²) in [7, 11) is 0. The molecule has 0 fully saturated rings. The molecule has 1 aromatic carbocycles. The zero-order valence-electron chi connectivity index (χ0n) is 14.7. The molecule has 2 heterocycles. The van der Waals surface area contributed by atoms with Crippen molar-refractivity contribution in [1.82, 2.24) is 9.55 Å². The van der Waals surface area contributed by atoms with Crippen molar-refractivity contribution < 1.29 is 5.11 Å². The summed E-state index contributed by atoms with van der Waals surface area (Å²) in [4.78, 5) is 7.69. The van der Waals surface area contributed by atoms with E-state index in [1.54, 1.807) is 24.3 Å². The summed E-state index contributed by atoms with van der Waals surface area (Å²) in [6.07, 6.45) is 2.15. The maximum atomic E-state index is 9.77. The summed E-state index contributed by atoms with van der Waals surface area (Å²) >= 11 is 0. The molecule has 0 aliphatic carbocycles. The number of benzene rings is 1. The molecule has 1 N–H and O–H groups in total. The number of aromatic nitrogens is 2. The molecule has 0 aliphatic rings. The van der Waals surface area contributed by atoms with Gasteiger partial charge in [0.2, 0.25) is 0 Å². The zero-order valence-corrected chi connectivity index (χ0v) is 14.7. The first-order valence-corrected chi connectivity index (χ1v) is 8.32. The van der Waals surface area contributed by atoms with Crippen LogP contribution in [-0.2, 0) is 13.0 Å². The van der Waals surface area contributed by atoms with E-state index in [-0.39, 0.29) is 5.75 Å². The van der Waals surface area contributed by atoms with Crippen LogP contribution >= 0.6 is 0 Å². The number of rotatable bonds is 4. The molecule has 3 rings (SSSR count). The number of nitrogens with zero attached hydrogens (tertiary/aromatic N) is 4. The SMILES string of the molecule is [C-]#[N+]c1ccc(-c2c(C#N)c(CC)n(Cc3ccc(O)cn3)c2C)cc1. The average Bonchev–Trinajstić information content (AvgIpc) is 2.94. The van der Waals surface area contributed by atoms with Gasteiger partial charge in [0.05, 0.1) is 30.6 Å². The molecule has 0 spiro atoms. The van der Waals surface area contributed by atoms with Crippen molar-refractivity contribution in [1.29, 1.82) is 5.26 Å². The minimum Gasteiger partial charge on any atom is -0.506 e. The van der Waals surface area contributed by atoms with Gasteiger partial charge in [-0.05, 0) is 31.0 Å². The van der Waals surface area contributed by atoms with Crippen molar-refractivity contribution in [3.8, 4) is 22.9 Å². The Labute approximate surface area is 152 Å². The average molecular weight is 342 g/mol. The molecule has 0 saturated heterocycles. The predicted molar refractivity (Wildman–Crippen MR) is 100.0 cm³/mol. The molecule has 2 aromatic heterocycles. The van der Waals surface area contributed by atoms with E-state index in [1.165, 1.54) is 6.20 Å². The number of hydrogen-bond donors (Lipinski definition) is 1. The van der Waals surface area contributed by atoms with Gasteiger partial charge in [0.25, 0.3) is 0 Å². The maximum Gasteiger partial charge on any atom is 0.187 e. The molecule has 0 amide bonds. The van der Waals surface area contributed by atoms with E-state index < -0.39 is 0 Å². The lowest BCUT2D eigenvalue weighted by Gasteiger charge is -2.11. The van der Waals surface area contributed by atoms with Crippen molar-refractivity contribution in [2.24, 2.45) is 0 Å². The normalized spacial score (nSPS) is 10.3. The molecule has 3 aromatic rings. The van der Waals surface area contributed by atoms with E-state index >= 15 is 0 Å². The maximum absolute atomic E-state index is 9.77. The monoisotopic (exact) mass is 342 g/mol. The lowest BCUT2D eigenvalue weighted by Crippen LogP contribution is -2.07. The van der Waals surface area contributed by atoms with Crippen molar-refractivity contribution in [3.05, 3.63) is 76.7 Å². The second-order valence-electron chi connectivity index (χ2n) is 6.00. The van der Waals surface area contributed by atoms with Gasteiger partial charge >= 0.3 is 0 Å². The summed E-state index contributed by atoms with van der Waals surface area (Å²) < 4.78 is 2.11. The highest BCUT2D eigenvalue weighted by molar-refractivity contribution is 5.76. The molecule has 0 unspecified atom stereocenters. The fraction of sp³-hybridized carbons (Fsp3) is 0.190. The van der Waals surface area contributed by atoms with Crippen LogP contribution in [0.1, 0.15) is 29.6 Å². The van der Waals surface area contributed by atoms with Gasteiger partial charge in [-0.1, -0.05) is 31.2 Å². The highest BCUT2D eigenvalue weighted by Gasteiger charge is 2.20. The van der Waals surface area contributed by atoms with Crippen molar-refractivity contribution in [3.63, 3.8) is 0 Å². The number of pyridine rings is 1. The fourth-order valence-electron chi connectivity index (χ4n) is 3.23. The quantitative estimate of drug-likeness (QED) is 0.705. The Bertz CT molecular complexity index is 1020. The number of aromatic hydroxyl groups is 1. The molecular weight excluding hydrogens is 324 g/mol. The van der Waals surface area contributed by atoms with E-state index in [0.717, 1.165) is 34.6 Å². The molecule has 0 aliphatic heterocycles. The molecule has 0 bridgehead atoms. The molecule has 128 valence electrons. The van der Waals surface area contributed by atoms with E-state index in [9.17, 15) is 10.4 Å². The smallest absolute Gasteiger partial charge is 0.187 e. The second kappa shape index (κ2) is 7.13. The van der Waals surface area contributed by atoms with Gasteiger partial charge in [-0.25, -0.2) is 4.85 Å². The fourth-order valence-corrected chi connectivity index (χ4v) is 3.23. The molecular formula is C21H18N4O. The Hall–Kier alpha value is -3.57.